The molecule has 0 bridgehead atoms. The maximum Gasteiger partial charge on any atom is 0.658 e. The highest BCUT2D eigenvalue weighted by molar-refractivity contribution is 6.21. The quantitative estimate of drug-likeness (QED) is 0.656. The van der Waals surface area contributed by atoms with E-state index < -0.39 is 11.6 Å². The van der Waals surface area contributed by atoms with Crippen LogP contribution in [0.3, 0.4) is 0 Å². The minimum Gasteiger partial charge on any atom is -0.524 e. The zero-order chi connectivity index (χ0) is 18.4. The van der Waals surface area contributed by atoms with Gasteiger partial charge in [-0.05, 0) is 52.0 Å². The molecule has 0 aliphatic carbocycles. The second-order valence-corrected chi connectivity index (χ2v) is 5.85. The molecule has 7 heteroatoms. The molecular weight excluding hydrogens is 329 g/mol. The first kappa shape index (κ1) is 18.9. The zero-order valence-corrected chi connectivity index (χ0v) is 14.6. The Morgan fingerprint density at radius 2 is 1.08 bits per heavy atom. The molecule has 0 aliphatic heterocycles. The SMILES string of the molecule is CC(C)Oc1cc(F)ccc1O[B]Oc1ccc(F)cc1OC(C)C. The number of ether oxygens (including phenoxy) is 2. The fourth-order valence-electron chi connectivity index (χ4n) is 1.98. The summed E-state index contributed by atoms with van der Waals surface area (Å²) in [5, 5.41) is 0. The van der Waals surface area contributed by atoms with Gasteiger partial charge in [0.15, 0.2) is 11.5 Å². The third-order valence-electron chi connectivity index (χ3n) is 2.89. The Kier molecular flexibility index (Phi) is 6.50. The van der Waals surface area contributed by atoms with Crippen LogP contribution in [0.2, 0.25) is 0 Å². The van der Waals surface area contributed by atoms with Crippen molar-refractivity contribution in [3.63, 3.8) is 0 Å². The van der Waals surface area contributed by atoms with Gasteiger partial charge in [0.1, 0.15) is 23.1 Å². The van der Waals surface area contributed by atoms with Crippen LogP contribution in [0.25, 0.3) is 0 Å². The third-order valence-corrected chi connectivity index (χ3v) is 2.89. The molecular formula is C18H20BF2O4. The summed E-state index contributed by atoms with van der Waals surface area (Å²) < 4.78 is 48.5. The van der Waals surface area contributed by atoms with Crippen LogP contribution >= 0.6 is 0 Å². The largest absolute Gasteiger partial charge is 0.658 e. The van der Waals surface area contributed by atoms with E-state index in [0.29, 0.717) is 11.5 Å². The molecule has 2 aromatic rings. The molecule has 0 saturated carbocycles. The smallest absolute Gasteiger partial charge is 0.524 e. The van der Waals surface area contributed by atoms with Crippen molar-refractivity contribution in [3.05, 3.63) is 48.0 Å². The van der Waals surface area contributed by atoms with Gasteiger partial charge >= 0.3 is 7.69 Å². The summed E-state index contributed by atoms with van der Waals surface area (Å²) in [4.78, 5) is 0. The molecule has 0 aromatic heterocycles. The Hall–Kier alpha value is -2.44. The van der Waals surface area contributed by atoms with Crippen molar-refractivity contribution in [1.82, 2.24) is 0 Å². The fourth-order valence-corrected chi connectivity index (χ4v) is 1.98. The lowest BCUT2D eigenvalue weighted by molar-refractivity contribution is 0.231. The van der Waals surface area contributed by atoms with E-state index in [9.17, 15) is 8.78 Å². The second kappa shape index (κ2) is 8.60. The second-order valence-electron chi connectivity index (χ2n) is 5.85. The Labute approximate surface area is 147 Å². The van der Waals surface area contributed by atoms with E-state index in [-0.39, 0.29) is 23.7 Å². The van der Waals surface area contributed by atoms with Gasteiger partial charge < -0.3 is 18.8 Å². The fraction of sp³-hybridized carbons (Fsp3) is 0.333. The van der Waals surface area contributed by atoms with Crippen LogP contribution in [0.15, 0.2) is 36.4 Å². The lowest BCUT2D eigenvalue weighted by atomic mass is 10.2. The highest BCUT2D eigenvalue weighted by atomic mass is 19.1. The van der Waals surface area contributed by atoms with Crippen molar-refractivity contribution in [1.29, 1.82) is 0 Å². The molecule has 0 fully saturated rings. The molecule has 133 valence electrons. The minimum atomic E-state index is -0.435. The summed E-state index contributed by atoms with van der Waals surface area (Å²) >= 11 is 0. The van der Waals surface area contributed by atoms with Gasteiger partial charge in [-0.1, -0.05) is 0 Å². The number of halogens is 2. The third kappa shape index (κ3) is 5.85. The van der Waals surface area contributed by atoms with Gasteiger partial charge in [-0.25, -0.2) is 8.78 Å². The maximum atomic E-state index is 13.4. The standard InChI is InChI=1S/C18H20BF2O4/c1-11(2)22-17-9-13(20)5-7-15(17)24-19-25-16-8-6-14(21)10-18(16)23-12(3)4/h5-12H,1-4H3. The summed E-state index contributed by atoms with van der Waals surface area (Å²) in [6.45, 7) is 7.29. The molecule has 0 aliphatic rings. The molecule has 4 nitrogen and oxygen atoms in total. The molecule has 0 atom stereocenters. The van der Waals surface area contributed by atoms with E-state index in [2.05, 4.69) is 0 Å². The first-order valence-electron chi connectivity index (χ1n) is 7.92. The van der Waals surface area contributed by atoms with E-state index in [4.69, 9.17) is 18.8 Å². The van der Waals surface area contributed by atoms with Crippen LogP contribution < -0.4 is 18.8 Å². The summed E-state index contributed by atoms with van der Waals surface area (Å²) in [5.74, 6) is 0.234. The highest BCUT2D eigenvalue weighted by Crippen LogP contribution is 2.31. The van der Waals surface area contributed by atoms with E-state index in [0.717, 1.165) is 7.69 Å². The summed E-state index contributed by atoms with van der Waals surface area (Å²) in [6.07, 6.45) is -0.290. The van der Waals surface area contributed by atoms with Gasteiger partial charge in [0, 0.05) is 12.1 Å². The average Bonchev–Trinajstić information content (AvgIpc) is 2.50. The molecule has 25 heavy (non-hydrogen) atoms. The summed E-state index contributed by atoms with van der Waals surface area (Å²) in [7, 11) is 1.06. The molecule has 0 N–H and O–H groups in total. The minimum absolute atomic E-state index is 0.145. The van der Waals surface area contributed by atoms with Gasteiger partial charge in [-0.3, -0.25) is 0 Å². The van der Waals surface area contributed by atoms with Crippen molar-refractivity contribution < 1.29 is 27.6 Å². The first-order valence-corrected chi connectivity index (χ1v) is 7.92. The topological polar surface area (TPSA) is 36.9 Å². The highest BCUT2D eigenvalue weighted by Gasteiger charge is 2.14. The lowest BCUT2D eigenvalue weighted by Crippen LogP contribution is -2.15. The molecule has 2 aromatic carbocycles. The van der Waals surface area contributed by atoms with Crippen LogP contribution in [0.1, 0.15) is 27.7 Å². The van der Waals surface area contributed by atoms with Crippen LogP contribution in [-0.4, -0.2) is 19.9 Å². The predicted molar refractivity (Wildman–Crippen MR) is 91.3 cm³/mol. The maximum absolute atomic E-state index is 13.4. The zero-order valence-electron chi connectivity index (χ0n) is 14.6. The summed E-state index contributed by atoms with van der Waals surface area (Å²) in [5.41, 5.74) is 0. The Morgan fingerprint density at radius 3 is 1.44 bits per heavy atom. The van der Waals surface area contributed by atoms with Crippen molar-refractivity contribution in [2.45, 2.75) is 39.9 Å². The Bertz CT molecular complexity index is 648. The summed E-state index contributed by atoms with van der Waals surface area (Å²) in [6, 6.07) is 7.83. The number of hydrogen-bond acceptors (Lipinski definition) is 4. The van der Waals surface area contributed by atoms with Crippen molar-refractivity contribution in [2.75, 3.05) is 0 Å². The first-order chi connectivity index (χ1) is 11.8. The van der Waals surface area contributed by atoms with Crippen LogP contribution in [0, 0.1) is 11.6 Å². The average molecular weight is 349 g/mol. The molecule has 0 heterocycles. The molecule has 0 unspecified atom stereocenters. The van der Waals surface area contributed by atoms with Crippen LogP contribution in [-0.2, 0) is 0 Å². The number of hydrogen-bond donors (Lipinski definition) is 0. The molecule has 2 rings (SSSR count). The van der Waals surface area contributed by atoms with Gasteiger partial charge in [0.25, 0.3) is 0 Å². The van der Waals surface area contributed by atoms with Crippen LogP contribution in [0.4, 0.5) is 8.78 Å². The number of rotatable bonds is 8. The predicted octanol–water partition coefficient (Wildman–Crippen LogP) is 4.53. The Balaban J connectivity index is 2.06. The van der Waals surface area contributed by atoms with Gasteiger partial charge in [0.2, 0.25) is 0 Å². The molecule has 0 saturated heterocycles. The van der Waals surface area contributed by atoms with Gasteiger partial charge in [-0.2, -0.15) is 0 Å². The Morgan fingerprint density at radius 1 is 0.680 bits per heavy atom. The van der Waals surface area contributed by atoms with Crippen LogP contribution in [0.5, 0.6) is 23.0 Å². The van der Waals surface area contributed by atoms with Gasteiger partial charge in [-0.15, -0.1) is 0 Å². The van der Waals surface area contributed by atoms with E-state index in [1.54, 1.807) is 0 Å². The van der Waals surface area contributed by atoms with E-state index in [1.165, 1.54) is 36.4 Å². The number of benzene rings is 2. The molecule has 1 radical (unpaired) electrons. The van der Waals surface area contributed by atoms with Crippen molar-refractivity contribution in [2.24, 2.45) is 0 Å². The lowest BCUT2D eigenvalue weighted by Gasteiger charge is -2.16. The monoisotopic (exact) mass is 349 g/mol. The van der Waals surface area contributed by atoms with Crippen molar-refractivity contribution in [3.8, 4) is 23.0 Å². The van der Waals surface area contributed by atoms with E-state index in [1.807, 2.05) is 27.7 Å². The molecule has 0 spiro atoms. The normalized spacial score (nSPS) is 10.7. The van der Waals surface area contributed by atoms with E-state index >= 15 is 0 Å². The van der Waals surface area contributed by atoms with Gasteiger partial charge in [0.05, 0.1) is 12.2 Å². The van der Waals surface area contributed by atoms with Crippen molar-refractivity contribution >= 4 is 7.69 Å². The molecule has 0 amide bonds.